The first-order valence-corrected chi connectivity index (χ1v) is 6.65. The Kier molecular flexibility index (Phi) is 2.76. The molecule has 3 rings (SSSR count). The van der Waals surface area contributed by atoms with E-state index in [-0.39, 0.29) is 0 Å². The monoisotopic (exact) mass is 233 g/mol. The van der Waals surface area contributed by atoms with Gasteiger partial charge in [0.05, 0.1) is 12.2 Å². The third-order valence-corrected chi connectivity index (χ3v) is 3.71. The van der Waals surface area contributed by atoms with Gasteiger partial charge in [-0.15, -0.1) is 0 Å². The molecule has 16 heavy (non-hydrogen) atoms. The number of aromatic nitrogens is 2. The third-order valence-electron chi connectivity index (χ3n) is 3.03. The molecule has 0 bridgehead atoms. The van der Waals surface area contributed by atoms with Crippen LogP contribution in [0.3, 0.4) is 0 Å². The van der Waals surface area contributed by atoms with Crippen LogP contribution in [-0.2, 0) is 6.54 Å². The van der Waals surface area contributed by atoms with Crippen LogP contribution in [0.1, 0.15) is 12.8 Å². The van der Waals surface area contributed by atoms with E-state index in [1.54, 1.807) is 11.3 Å². The fourth-order valence-corrected chi connectivity index (χ4v) is 2.82. The Hall–Kier alpha value is -1.13. The lowest BCUT2D eigenvalue weighted by Gasteiger charge is -2.09. The van der Waals surface area contributed by atoms with Gasteiger partial charge in [-0.3, -0.25) is 4.68 Å². The van der Waals surface area contributed by atoms with Gasteiger partial charge in [-0.25, -0.2) is 0 Å². The summed E-state index contributed by atoms with van der Waals surface area (Å²) in [5.41, 5.74) is 2.31. The van der Waals surface area contributed by atoms with E-state index in [9.17, 15) is 0 Å². The Balaban J connectivity index is 1.72. The van der Waals surface area contributed by atoms with Crippen LogP contribution in [0.25, 0.3) is 11.3 Å². The molecule has 1 N–H and O–H groups in total. The van der Waals surface area contributed by atoms with Crippen molar-refractivity contribution < 1.29 is 0 Å². The molecule has 2 aromatic heterocycles. The van der Waals surface area contributed by atoms with Crippen LogP contribution >= 0.6 is 11.3 Å². The summed E-state index contributed by atoms with van der Waals surface area (Å²) < 4.78 is 2.05. The second kappa shape index (κ2) is 4.39. The van der Waals surface area contributed by atoms with Crippen molar-refractivity contribution in [1.29, 1.82) is 0 Å². The number of nitrogens with zero attached hydrogens (tertiary/aromatic N) is 2. The molecule has 0 amide bonds. The Morgan fingerprint density at radius 2 is 2.50 bits per heavy atom. The standard InChI is InChI=1S/C12H15N3S/c1-2-11(13-5-1)8-15-6-3-12(14-15)10-4-7-16-9-10/h3-4,6-7,9,11,13H,1-2,5,8H2. The van der Waals surface area contributed by atoms with E-state index in [0.717, 1.165) is 18.8 Å². The van der Waals surface area contributed by atoms with E-state index in [0.29, 0.717) is 6.04 Å². The topological polar surface area (TPSA) is 29.9 Å². The molecule has 4 heteroatoms. The van der Waals surface area contributed by atoms with Crippen LogP contribution in [0.15, 0.2) is 29.1 Å². The molecule has 0 saturated carbocycles. The molecule has 3 nitrogen and oxygen atoms in total. The van der Waals surface area contributed by atoms with E-state index < -0.39 is 0 Å². The van der Waals surface area contributed by atoms with Gasteiger partial charge in [-0.05, 0) is 36.9 Å². The minimum absolute atomic E-state index is 0.607. The van der Waals surface area contributed by atoms with Gasteiger partial charge in [-0.2, -0.15) is 16.4 Å². The highest BCUT2D eigenvalue weighted by Crippen LogP contribution is 2.20. The molecular formula is C12H15N3S. The second-order valence-corrected chi connectivity index (χ2v) is 5.01. The van der Waals surface area contributed by atoms with Crippen molar-refractivity contribution >= 4 is 11.3 Å². The van der Waals surface area contributed by atoms with E-state index in [1.165, 1.54) is 18.4 Å². The summed E-state index contributed by atoms with van der Waals surface area (Å²) in [6, 6.07) is 4.82. The number of hydrogen-bond acceptors (Lipinski definition) is 3. The van der Waals surface area contributed by atoms with Gasteiger partial charge in [0.15, 0.2) is 0 Å². The Bertz CT molecular complexity index is 441. The molecule has 2 aromatic rings. The highest BCUT2D eigenvalue weighted by molar-refractivity contribution is 7.08. The first-order valence-electron chi connectivity index (χ1n) is 5.71. The lowest BCUT2D eigenvalue weighted by Crippen LogP contribution is -2.26. The summed E-state index contributed by atoms with van der Waals surface area (Å²) in [6.07, 6.45) is 4.64. The second-order valence-electron chi connectivity index (χ2n) is 4.23. The highest BCUT2D eigenvalue weighted by Gasteiger charge is 2.14. The molecule has 1 saturated heterocycles. The summed E-state index contributed by atoms with van der Waals surface area (Å²) in [6.45, 7) is 2.15. The zero-order valence-electron chi connectivity index (χ0n) is 9.10. The summed E-state index contributed by atoms with van der Waals surface area (Å²) in [4.78, 5) is 0. The van der Waals surface area contributed by atoms with Crippen LogP contribution in [0, 0.1) is 0 Å². The maximum Gasteiger partial charge on any atom is 0.0931 e. The summed E-state index contributed by atoms with van der Waals surface area (Å²) in [7, 11) is 0. The molecule has 0 aliphatic carbocycles. The molecule has 0 spiro atoms. The smallest absolute Gasteiger partial charge is 0.0931 e. The lowest BCUT2D eigenvalue weighted by molar-refractivity contribution is 0.477. The van der Waals surface area contributed by atoms with Crippen LogP contribution in [0.5, 0.6) is 0 Å². The van der Waals surface area contributed by atoms with Gasteiger partial charge >= 0.3 is 0 Å². The highest BCUT2D eigenvalue weighted by atomic mass is 32.1. The van der Waals surface area contributed by atoms with Gasteiger partial charge in [0, 0.05) is 23.2 Å². The third kappa shape index (κ3) is 2.03. The number of nitrogens with one attached hydrogen (secondary N) is 1. The average Bonchev–Trinajstić information content (AvgIpc) is 2.99. The van der Waals surface area contributed by atoms with E-state index in [4.69, 9.17) is 0 Å². The molecule has 1 unspecified atom stereocenters. The Morgan fingerprint density at radius 1 is 1.50 bits per heavy atom. The van der Waals surface area contributed by atoms with Crippen molar-refractivity contribution in [2.24, 2.45) is 0 Å². The maximum absolute atomic E-state index is 4.60. The van der Waals surface area contributed by atoms with Gasteiger partial charge in [0.2, 0.25) is 0 Å². The van der Waals surface area contributed by atoms with Crippen molar-refractivity contribution in [2.45, 2.75) is 25.4 Å². The molecule has 3 heterocycles. The predicted octanol–water partition coefficient (Wildman–Crippen LogP) is 2.36. The fourth-order valence-electron chi connectivity index (χ4n) is 2.17. The Labute approximate surface area is 99.1 Å². The summed E-state index contributed by atoms with van der Waals surface area (Å²) in [5, 5.41) is 12.3. The molecular weight excluding hydrogens is 218 g/mol. The SMILES string of the molecule is c1cc(-c2ccn(CC3CCCN3)n2)cs1. The molecule has 1 fully saturated rings. The van der Waals surface area contributed by atoms with Gasteiger partial charge in [0.25, 0.3) is 0 Å². The van der Waals surface area contributed by atoms with E-state index in [2.05, 4.69) is 44.2 Å². The van der Waals surface area contributed by atoms with Crippen molar-refractivity contribution in [2.75, 3.05) is 6.54 Å². The molecule has 1 aliphatic rings. The van der Waals surface area contributed by atoms with Crippen LogP contribution in [0.2, 0.25) is 0 Å². The molecule has 1 aliphatic heterocycles. The minimum Gasteiger partial charge on any atom is -0.312 e. The minimum atomic E-state index is 0.607. The first kappa shape index (κ1) is 10.1. The zero-order valence-corrected chi connectivity index (χ0v) is 9.91. The van der Waals surface area contributed by atoms with Crippen molar-refractivity contribution in [3.63, 3.8) is 0 Å². The Morgan fingerprint density at radius 3 is 3.25 bits per heavy atom. The molecule has 84 valence electrons. The fraction of sp³-hybridized carbons (Fsp3) is 0.417. The van der Waals surface area contributed by atoms with Crippen molar-refractivity contribution in [3.8, 4) is 11.3 Å². The predicted molar refractivity (Wildman–Crippen MR) is 66.6 cm³/mol. The van der Waals surface area contributed by atoms with Crippen LogP contribution in [-0.4, -0.2) is 22.4 Å². The zero-order chi connectivity index (χ0) is 10.8. The van der Waals surface area contributed by atoms with Gasteiger partial charge < -0.3 is 5.32 Å². The molecule has 1 atom stereocenters. The van der Waals surface area contributed by atoms with E-state index >= 15 is 0 Å². The van der Waals surface area contributed by atoms with Crippen LogP contribution in [0.4, 0.5) is 0 Å². The van der Waals surface area contributed by atoms with Gasteiger partial charge in [0.1, 0.15) is 0 Å². The number of thiophene rings is 1. The molecule has 0 aromatic carbocycles. The van der Waals surface area contributed by atoms with Crippen LogP contribution < -0.4 is 5.32 Å². The number of rotatable bonds is 3. The van der Waals surface area contributed by atoms with Gasteiger partial charge in [-0.1, -0.05) is 0 Å². The lowest BCUT2D eigenvalue weighted by atomic mass is 10.2. The average molecular weight is 233 g/mol. The number of hydrogen-bond donors (Lipinski definition) is 1. The van der Waals surface area contributed by atoms with E-state index in [1.807, 2.05) is 0 Å². The van der Waals surface area contributed by atoms with Crippen molar-refractivity contribution in [1.82, 2.24) is 15.1 Å². The quantitative estimate of drug-likeness (QED) is 0.882. The normalized spacial score (nSPS) is 20.4. The maximum atomic E-state index is 4.60. The largest absolute Gasteiger partial charge is 0.312 e. The van der Waals surface area contributed by atoms with Crippen molar-refractivity contribution in [3.05, 3.63) is 29.1 Å². The molecule has 0 radical (unpaired) electrons. The summed E-state index contributed by atoms with van der Waals surface area (Å²) in [5.74, 6) is 0. The summed E-state index contributed by atoms with van der Waals surface area (Å²) >= 11 is 1.71. The first-order chi connectivity index (χ1) is 7.92.